The van der Waals surface area contributed by atoms with Gasteiger partial charge in [-0.25, -0.2) is 47.9 Å². The van der Waals surface area contributed by atoms with Crippen molar-refractivity contribution in [1.29, 1.82) is 0 Å². The summed E-state index contributed by atoms with van der Waals surface area (Å²) < 4.78 is 83.1. The molecule has 3 aromatic heterocycles. The first-order valence-electron chi connectivity index (χ1n) is 38.2. The summed E-state index contributed by atoms with van der Waals surface area (Å²) in [6, 6.07) is 33.9. The van der Waals surface area contributed by atoms with Crippen molar-refractivity contribution in [2.45, 2.75) is 175 Å². The van der Waals surface area contributed by atoms with Crippen LogP contribution in [0.25, 0.3) is 49.3 Å². The van der Waals surface area contributed by atoms with E-state index in [0.717, 1.165) is 16.7 Å². The molecule has 0 aliphatic carbocycles. The molecule has 9 rings (SSSR count). The number of nitrogens with zero attached hydrogens (tertiary/aromatic N) is 1. The van der Waals surface area contributed by atoms with Gasteiger partial charge in [-0.15, -0.1) is 0 Å². The van der Waals surface area contributed by atoms with E-state index in [-0.39, 0.29) is 161 Å². The molecule has 6 aromatic carbocycles. The number of hydrogen-bond acceptors (Lipinski definition) is 24. The number of fused-ring (bicyclic) bond motifs is 7. The Balaban J connectivity index is 1.11. The molecule has 0 spiro atoms. The SMILES string of the molecule is COc1cc(-c2c3c4cc(OC)c(OC(=O)[C@H](CCCCNC(=O)OCc5ccccc5)NC(=O)OC(C)(C)C)cc4oc(=O)c3n3ccc4c(OC(=O)[C@H](CCCCNC(=O)OCc5ccccc5)NC(=O)OC(C)(C)C)c(OC)c(OC)cc4c23)ccc1OC(=O)[C@H](CCCCNC(=O)OCc1ccccc1)NC(=O)OC(C)(C)C. The van der Waals surface area contributed by atoms with E-state index in [4.69, 9.17) is 66.0 Å². The van der Waals surface area contributed by atoms with Crippen molar-refractivity contribution in [1.82, 2.24) is 36.3 Å². The largest absolute Gasteiger partial charge is 0.493 e. The molecule has 0 aliphatic rings. The summed E-state index contributed by atoms with van der Waals surface area (Å²) in [5.41, 5.74) is -0.891. The molecule has 0 unspecified atom stereocenters. The number of esters is 3. The van der Waals surface area contributed by atoms with E-state index in [9.17, 15) is 38.4 Å². The van der Waals surface area contributed by atoms with Crippen molar-refractivity contribution >= 4 is 92.6 Å². The van der Waals surface area contributed by atoms with E-state index in [2.05, 4.69) is 31.9 Å². The molecule has 0 radical (unpaired) electrons. The van der Waals surface area contributed by atoms with Crippen LogP contribution in [0.2, 0.25) is 0 Å². The average Bonchev–Trinajstić information content (AvgIpc) is 1.55. The first kappa shape index (κ1) is 88.0. The van der Waals surface area contributed by atoms with E-state index in [1.165, 1.54) is 58.9 Å². The third kappa shape index (κ3) is 25.5. The zero-order chi connectivity index (χ0) is 84.6. The number of unbranched alkanes of at least 4 members (excludes halogenated alkanes) is 3. The van der Waals surface area contributed by atoms with Crippen LogP contribution >= 0.6 is 0 Å². The molecule has 6 amide bonds. The molecular weight excluding hydrogens is 1510 g/mol. The quantitative estimate of drug-likeness (QED) is 0.00706. The molecule has 0 fully saturated rings. The maximum absolute atomic E-state index is 15.2. The summed E-state index contributed by atoms with van der Waals surface area (Å²) in [6.45, 7) is 15.5. The Bertz CT molecular complexity index is 5050. The second-order valence-corrected chi connectivity index (χ2v) is 30.1. The number of benzene rings is 6. The Hall–Kier alpha value is -13.0. The third-order valence-electron chi connectivity index (χ3n) is 17.7. The molecule has 0 saturated carbocycles. The predicted molar refractivity (Wildman–Crippen MR) is 432 cm³/mol. The van der Waals surface area contributed by atoms with Gasteiger partial charge in [0.15, 0.2) is 34.5 Å². The summed E-state index contributed by atoms with van der Waals surface area (Å²) in [7, 11) is 5.33. The number of hydrogen-bond donors (Lipinski definition) is 6. The van der Waals surface area contributed by atoms with Crippen LogP contribution < -0.4 is 70.7 Å². The van der Waals surface area contributed by atoms with Gasteiger partial charge in [0.2, 0.25) is 5.75 Å². The molecule has 31 heteroatoms. The number of carbonyl (C=O) groups is 9. The Morgan fingerprint density at radius 3 is 1.21 bits per heavy atom. The summed E-state index contributed by atoms with van der Waals surface area (Å²) in [6.07, 6.45) is -1.33. The van der Waals surface area contributed by atoms with Crippen molar-refractivity contribution in [2.24, 2.45) is 0 Å². The lowest BCUT2D eigenvalue weighted by atomic mass is 9.97. The number of aromatic nitrogens is 1. The molecule has 31 nitrogen and oxygen atoms in total. The zero-order valence-corrected chi connectivity index (χ0v) is 67.9. The smallest absolute Gasteiger partial charge is 0.408 e. The monoisotopic (exact) mass is 1620 g/mol. The lowest BCUT2D eigenvalue weighted by Gasteiger charge is -2.23. The Morgan fingerprint density at radius 2 is 0.795 bits per heavy atom. The highest BCUT2D eigenvalue weighted by Gasteiger charge is 2.34. The number of methoxy groups -OCH3 is 4. The molecule has 0 bridgehead atoms. The van der Waals surface area contributed by atoms with Gasteiger partial charge in [-0.3, -0.25) is 0 Å². The lowest BCUT2D eigenvalue weighted by molar-refractivity contribution is -0.137. The standard InChI is InChI=1S/C86H101N7O24/c1-84(2,3)115-81(101)90-59(35-23-26-41-87-78(98)108-49-52-29-17-14-18-30-52)74(94)111-62-39-38-55(45-64(62)104-10)68-69-58-47-65(105-11)66(113-75(95)60(91-82(102)116-85(4,5)6)36-24-27-42-88-79(99)109-50-53-31-19-15-20-32-53)48-63(58)112-77(97)71(69)93-44-40-56-57(70(68)93)46-67(106-12)73(107-13)72(56)114-76(96)61(92-83(103)117-86(7,8)9)37-25-28-43-89-80(100)110-51-54-33-21-16-22-34-54/h14-22,29-34,38-40,44-48,59-61H,23-28,35-37,41-43,49-51H2,1-13H3,(H,87,98)(H,88,99)(H,89,100)(H,90,101)(H,91,102)(H,92,103)/t59-,60-,61-/m0/s1. The van der Waals surface area contributed by atoms with Gasteiger partial charge < -0.3 is 102 Å². The zero-order valence-electron chi connectivity index (χ0n) is 67.9. The van der Waals surface area contributed by atoms with Gasteiger partial charge >= 0.3 is 60.1 Å². The molecule has 3 heterocycles. The summed E-state index contributed by atoms with van der Waals surface area (Å²) in [5, 5.41) is 16.8. The Kier molecular flexibility index (Phi) is 30.7. The fourth-order valence-electron chi connectivity index (χ4n) is 12.4. The van der Waals surface area contributed by atoms with Crippen LogP contribution in [-0.4, -0.2) is 142 Å². The summed E-state index contributed by atoms with van der Waals surface area (Å²) >= 11 is 0. The van der Waals surface area contributed by atoms with E-state index >= 15 is 9.59 Å². The van der Waals surface area contributed by atoms with Gasteiger partial charge in [0.1, 0.15) is 65.8 Å². The number of nitrogens with one attached hydrogen (secondary N) is 6. The molecule has 0 aliphatic heterocycles. The second kappa shape index (κ2) is 40.9. The minimum Gasteiger partial charge on any atom is -0.493 e. The molecule has 624 valence electrons. The lowest BCUT2D eigenvalue weighted by Crippen LogP contribution is -2.45. The maximum Gasteiger partial charge on any atom is 0.408 e. The first-order valence-corrected chi connectivity index (χ1v) is 38.2. The van der Waals surface area contributed by atoms with Crippen molar-refractivity contribution in [2.75, 3.05) is 48.1 Å². The van der Waals surface area contributed by atoms with Crippen LogP contribution in [0.5, 0.6) is 40.2 Å². The van der Waals surface area contributed by atoms with Gasteiger partial charge in [-0.1, -0.05) is 97.1 Å². The maximum atomic E-state index is 15.2. The molecule has 3 atom stereocenters. The van der Waals surface area contributed by atoms with Gasteiger partial charge in [-0.2, -0.15) is 0 Å². The third-order valence-corrected chi connectivity index (χ3v) is 17.7. The molecule has 117 heavy (non-hydrogen) atoms. The van der Waals surface area contributed by atoms with Gasteiger partial charge in [0.05, 0.1) is 34.0 Å². The van der Waals surface area contributed by atoms with E-state index in [0.29, 0.717) is 25.7 Å². The van der Waals surface area contributed by atoms with Gasteiger partial charge in [0.25, 0.3) is 0 Å². The fourth-order valence-corrected chi connectivity index (χ4v) is 12.4. The highest BCUT2D eigenvalue weighted by molar-refractivity contribution is 6.22. The van der Waals surface area contributed by atoms with Crippen LogP contribution in [-0.2, 0) is 62.6 Å². The van der Waals surface area contributed by atoms with Crippen molar-refractivity contribution < 1.29 is 109 Å². The Labute approximate surface area is 676 Å². The highest BCUT2D eigenvalue weighted by atomic mass is 16.6. The average molecular weight is 1620 g/mol. The minimum absolute atomic E-state index is 0.00485. The van der Waals surface area contributed by atoms with Crippen LogP contribution in [0.15, 0.2) is 149 Å². The topological polar surface area (TPSA) is 380 Å². The van der Waals surface area contributed by atoms with Crippen molar-refractivity contribution in [3.63, 3.8) is 0 Å². The minimum atomic E-state index is -1.38. The number of alkyl carbamates (subject to hydrolysis) is 6. The Morgan fingerprint density at radius 1 is 0.393 bits per heavy atom. The van der Waals surface area contributed by atoms with E-state index in [1.54, 1.807) is 84.9 Å². The molecule has 0 saturated heterocycles. The van der Waals surface area contributed by atoms with Gasteiger partial charge in [-0.05, 0) is 173 Å². The number of carbonyl (C=O) groups excluding carboxylic acids is 9. The molecule has 6 N–H and O–H groups in total. The van der Waals surface area contributed by atoms with Crippen molar-refractivity contribution in [3.8, 4) is 51.4 Å². The second-order valence-electron chi connectivity index (χ2n) is 30.1. The van der Waals surface area contributed by atoms with Crippen LogP contribution in [0.4, 0.5) is 28.8 Å². The highest BCUT2D eigenvalue weighted by Crippen LogP contribution is 2.50. The number of ether oxygens (including phenoxy) is 13. The summed E-state index contributed by atoms with van der Waals surface area (Å²) in [4.78, 5) is 138. The number of pyridine rings is 1. The normalized spacial score (nSPS) is 12.2. The first-order chi connectivity index (χ1) is 55.8. The van der Waals surface area contributed by atoms with Crippen LogP contribution in [0.3, 0.4) is 0 Å². The number of rotatable bonds is 35. The van der Waals surface area contributed by atoms with Crippen molar-refractivity contribution in [3.05, 3.63) is 167 Å². The number of amides is 6. The summed E-state index contributed by atoms with van der Waals surface area (Å²) in [5.74, 6) is -3.55. The molecular formula is C86H101N7O24. The van der Waals surface area contributed by atoms with Crippen LogP contribution in [0, 0.1) is 0 Å². The fraction of sp³-hybridized carbons (Fsp3) is 0.395. The van der Waals surface area contributed by atoms with E-state index in [1.807, 2.05) is 91.0 Å². The van der Waals surface area contributed by atoms with E-state index < -0.39 is 95.0 Å². The van der Waals surface area contributed by atoms with Crippen LogP contribution in [0.1, 0.15) is 137 Å². The van der Waals surface area contributed by atoms with Gasteiger partial charge in [0, 0.05) is 59.0 Å². The molecule has 9 aromatic rings. The predicted octanol–water partition coefficient (Wildman–Crippen LogP) is 14.7.